The summed E-state index contributed by atoms with van der Waals surface area (Å²) in [6.07, 6.45) is 0. The highest BCUT2D eigenvalue weighted by molar-refractivity contribution is 6.31. The van der Waals surface area contributed by atoms with Crippen LogP contribution in [0.3, 0.4) is 0 Å². The van der Waals surface area contributed by atoms with E-state index >= 15 is 0 Å². The first-order valence-corrected chi connectivity index (χ1v) is 9.06. The molecule has 0 aliphatic heterocycles. The van der Waals surface area contributed by atoms with Gasteiger partial charge in [0.2, 0.25) is 0 Å². The number of halogens is 1. The second kappa shape index (κ2) is 6.18. The maximum absolute atomic E-state index is 6.41. The van der Waals surface area contributed by atoms with Gasteiger partial charge in [0.05, 0.1) is 16.7 Å². The lowest BCUT2D eigenvalue weighted by molar-refractivity contribution is 1.08. The Morgan fingerprint density at radius 1 is 0.778 bits per heavy atom. The van der Waals surface area contributed by atoms with Gasteiger partial charge in [-0.15, -0.1) is 0 Å². The van der Waals surface area contributed by atoms with Crippen LogP contribution in [0.25, 0.3) is 39.4 Å². The molecule has 3 aromatic carbocycles. The number of imidazole rings is 1. The summed E-state index contributed by atoms with van der Waals surface area (Å²) in [6, 6.07) is 23.9. The Labute approximate surface area is 161 Å². The lowest BCUT2D eigenvalue weighted by atomic mass is 10.2. The zero-order valence-electron chi connectivity index (χ0n) is 14.6. The van der Waals surface area contributed by atoms with E-state index in [2.05, 4.69) is 0 Å². The standard InChI is InChI=1S/C22H15ClN4/c1-14-11-12-16(13-17(14)23)27-21(15-7-3-2-4-8-15)26-20-22(27)25-19-10-6-5-9-18(19)24-20/h2-13H,1H3. The number of fused-ring (bicyclic) bond motifs is 2. The lowest BCUT2D eigenvalue weighted by Crippen LogP contribution is -1.99. The number of rotatable bonds is 2. The minimum Gasteiger partial charge on any atom is -0.275 e. The smallest absolute Gasteiger partial charge is 0.199 e. The number of benzene rings is 3. The van der Waals surface area contributed by atoms with Crippen molar-refractivity contribution >= 4 is 33.9 Å². The van der Waals surface area contributed by atoms with Gasteiger partial charge in [-0.3, -0.25) is 4.57 Å². The van der Waals surface area contributed by atoms with Crippen LogP contribution < -0.4 is 0 Å². The van der Waals surface area contributed by atoms with Crippen LogP contribution in [-0.4, -0.2) is 19.5 Å². The van der Waals surface area contributed by atoms with Crippen LogP contribution >= 0.6 is 11.6 Å². The molecule has 2 aromatic heterocycles. The molecular formula is C22H15ClN4. The normalized spacial score (nSPS) is 11.3. The van der Waals surface area contributed by atoms with Gasteiger partial charge in [-0.2, -0.15) is 0 Å². The Balaban J connectivity index is 1.89. The van der Waals surface area contributed by atoms with E-state index in [0.717, 1.165) is 33.7 Å². The first-order valence-electron chi connectivity index (χ1n) is 8.68. The van der Waals surface area contributed by atoms with E-state index < -0.39 is 0 Å². The van der Waals surface area contributed by atoms with E-state index in [1.54, 1.807) is 0 Å². The maximum atomic E-state index is 6.41. The number of hydrogen-bond donors (Lipinski definition) is 0. The van der Waals surface area contributed by atoms with Gasteiger partial charge >= 0.3 is 0 Å². The van der Waals surface area contributed by atoms with Crippen LogP contribution in [0.2, 0.25) is 5.02 Å². The molecule has 0 aliphatic carbocycles. The lowest BCUT2D eigenvalue weighted by Gasteiger charge is -2.10. The van der Waals surface area contributed by atoms with Crippen LogP contribution in [0.4, 0.5) is 0 Å². The summed E-state index contributed by atoms with van der Waals surface area (Å²) in [4.78, 5) is 14.4. The quantitative estimate of drug-likeness (QED) is 0.406. The van der Waals surface area contributed by atoms with E-state index in [1.807, 2.05) is 84.3 Å². The third-order valence-electron chi connectivity index (χ3n) is 4.62. The molecule has 0 aliphatic rings. The molecule has 0 saturated carbocycles. The van der Waals surface area contributed by atoms with Gasteiger partial charge in [0, 0.05) is 10.6 Å². The molecule has 4 nitrogen and oxygen atoms in total. The SMILES string of the molecule is Cc1ccc(-n2c(-c3ccccc3)nc3nc4ccccc4nc32)cc1Cl. The summed E-state index contributed by atoms with van der Waals surface area (Å²) in [7, 11) is 0. The van der Waals surface area contributed by atoms with Crippen molar-refractivity contribution in [3.63, 3.8) is 0 Å². The Morgan fingerprint density at radius 2 is 1.48 bits per heavy atom. The van der Waals surface area contributed by atoms with Gasteiger partial charge in [0.15, 0.2) is 11.3 Å². The van der Waals surface area contributed by atoms with Crippen LogP contribution in [0.1, 0.15) is 5.56 Å². The zero-order valence-corrected chi connectivity index (χ0v) is 15.4. The summed E-state index contributed by atoms with van der Waals surface area (Å²) < 4.78 is 2.02. The van der Waals surface area contributed by atoms with Crippen molar-refractivity contribution in [2.24, 2.45) is 0 Å². The third-order valence-corrected chi connectivity index (χ3v) is 5.02. The fourth-order valence-electron chi connectivity index (χ4n) is 3.20. The molecule has 0 saturated heterocycles. The van der Waals surface area contributed by atoms with Crippen LogP contribution in [0.5, 0.6) is 0 Å². The molecule has 130 valence electrons. The molecule has 5 aromatic rings. The van der Waals surface area contributed by atoms with Crippen molar-refractivity contribution in [3.8, 4) is 17.1 Å². The molecule has 5 rings (SSSR count). The van der Waals surface area contributed by atoms with Crippen LogP contribution in [0, 0.1) is 6.92 Å². The van der Waals surface area contributed by atoms with Crippen LogP contribution in [-0.2, 0) is 0 Å². The first-order chi connectivity index (χ1) is 13.2. The van der Waals surface area contributed by atoms with Crippen molar-refractivity contribution in [1.82, 2.24) is 19.5 Å². The maximum Gasteiger partial charge on any atom is 0.199 e. The van der Waals surface area contributed by atoms with E-state index in [9.17, 15) is 0 Å². The Kier molecular flexibility index (Phi) is 3.66. The number of aromatic nitrogens is 4. The van der Waals surface area contributed by atoms with Crippen molar-refractivity contribution in [3.05, 3.63) is 83.4 Å². The van der Waals surface area contributed by atoms with Crippen molar-refractivity contribution in [1.29, 1.82) is 0 Å². The summed E-state index contributed by atoms with van der Waals surface area (Å²) in [6.45, 7) is 1.99. The summed E-state index contributed by atoms with van der Waals surface area (Å²) in [5.74, 6) is 0.792. The first kappa shape index (κ1) is 16.0. The number of nitrogens with zero attached hydrogens (tertiary/aromatic N) is 4. The molecule has 27 heavy (non-hydrogen) atoms. The average molecular weight is 371 g/mol. The number of hydrogen-bond acceptors (Lipinski definition) is 3. The van der Waals surface area contributed by atoms with E-state index in [1.165, 1.54) is 0 Å². The highest BCUT2D eigenvalue weighted by Gasteiger charge is 2.17. The average Bonchev–Trinajstić information content (AvgIpc) is 3.07. The van der Waals surface area contributed by atoms with Gasteiger partial charge in [0.25, 0.3) is 0 Å². The zero-order chi connectivity index (χ0) is 18.4. The number of para-hydroxylation sites is 2. The molecule has 2 heterocycles. The summed E-state index contributed by atoms with van der Waals surface area (Å²) in [5.41, 5.74) is 5.94. The molecule has 0 spiro atoms. The summed E-state index contributed by atoms with van der Waals surface area (Å²) >= 11 is 6.41. The van der Waals surface area contributed by atoms with Gasteiger partial charge in [0.1, 0.15) is 5.82 Å². The Bertz CT molecular complexity index is 1290. The Morgan fingerprint density at radius 3 is 2.22 bits per heavy atom. The van der Waals surface area contributed by atoms with E-state index in [4.69, 9.17) is 26.6 Å². The summed E-state index contributed by atoms with van der Waals surface area (Å²) in [5, 5.41) is 0.710. The molecule has 0 bridgehead atoms. The highest BCUT2D eigenvalue weighted by atomic mass is 35.5. The predicted octanol–water partition coefficient (Wildman–Crippen LogP) is 5.60. The monoisotopic (exact) mass is 370 g/mol. The third kappa shape index (κ3) is 2.66. The van der Waals surface area contributed by atoms with E-state index in [0.29, 0.717) is 16.3 Å². The predicted molar refractivity (Wildman–Crippen MR) is 109 cm³/mol. The fourth-order valence-corrected chi connectivity index (χ4v) is 3.38. The molecule has 0 fully saturated rings. The van der Waals surface area contributed by atoms with Crippen molar-refractivity contribution < 1.29 is 0 Å². The molecular weight excluding hydrogens is 356 g/mol. The van der Waals surface area contributed by atoms with Crippen LogP contribution in [0.15, 0.2) is 72.8 Å². The highest BCUT2D eigenvalue weighted by Crippen LogP contribution is 2.30. The molecule has 0 amide bonds. The largest absolute Gasteiger partial charge is 0.275 e. The number of aryl methyl sites for hydroxylation is 1. The second-order valence-corrected chi connectivity index (χ2v) is 6.84. The van der Waals surface area contributed by atoms with Crippen molar-refractivity contribution in [2.75, 3.05) is 0 Å². The topological polar surface area (TPSA) is 43.6 Å². The van der Waals surface area contributed by atoms with Gasteiger partial charge in [-0.1, -0.05) is 60.1 Å². The molecule has 0 unspecified atom stereocenters. The van der Waals surface area contributed by atoms with Crippen molar-refractivity contribution in [2.45, 2.75) is 6.92 Å². The van der Waals surface area contributed by atoms with E-state index in [-0.39, 0.29) is 0 Å². The minimum atomic E-state index is 0.615. The second-order valence-electron chi connectivity index (χ2n) is 6.43. The molecule has 5 heteroatoms. The minimum absolute atomic E-state index is 0.615. The fraction of sp³-hybridized carbons (Fsp3) is 0.0455. The molecule has 0 N–H and O–H groups in total. The molecule has 0 radical (unpaired) electrons. The van der Waals surface area contributed by atoms with Gasteiger partial charge in [-0.05, 0) is 36.8 Å². The van der Waals surface area contributed by atoms with Gasteiger partial charge in [-0.25, -0.2) is 15.0 Å². The molecule has 0 atom stereocenters. The van der Waals surface area contributed by atoms with Gasteiger partial charge < -0.3 is 0 Å². The Hall–Kier alpha value is -3.24.